The molecule has 3 aromatic rings. The van der Waals surface area contributed by atoms with E-state index in [1.807, 2.05) is 0 Å². The first-order chi connectivity index (χ1) is 16.9. The van der Waals surface area contributed by atoms with Gasteiger partial charge in [0.05, 0.1) is 46.8 Å². The third-order valence-corrected chi connectivity index (χ3v) is 6.15. The molecule has 1 aliphatic heterocycles. The van der Waals surface area contributed by atoms with Gasteiger partial charge in [-0.3, -0.25) is 9.69 Å². The number of nitrogens with zero attached hydrogens (tertiary/aromatic N) is 3. The zero-order chi connectivity index (χ0) is 24.8. The molecule has 1 fully saturated rings. The normalized spacial score (nSPS) is 14.0. The molecule has 4 rings (SSSR count). The topological polar surface area (TPSA) is 88.6 Å². The van der Waals surface area contributed by atoms with Gasteiger partial charge in [-0.15, -0.1) is 0 Å². The van der Waals surface area contributed by atoms with Crippen molar-refractivity contribution in [1.29, 1.82) is 0 Å². The Labute approximate surface area is 212 Å². The lowest BCUT2D eigenvalue weighted by Crippen LogP contribution is -2.37. The number of benzene rings is 2. The summed E-state index contributed by atoms with van der Waals surface area (Å²) < 4.78 is 25.8. The maximum atomic E-state index is 14.4. The van der Waals surface area contributed by atoms with E-state index in [0.29, 0.717) is 34.8 Å². The predicted molar refractivity (Wildman–Crippen MR) is 135 cm³/mol. The quantitative estimate of drug-likeness (QED) is 0.232. The third kappa shape index (κ3) is 6.37. The smallest absolute Gasteiger partial charge is 0.247 e. The van der Waals surface area contributed by atoms with Crippen LogP contribution in [0.5, 0.6) is 5.75 Å². The van der Waals surface area contributed by atoms with Crippen molar-refractivity contribution in [2.45, 2.75) is 6.42 Å². The summed E-state index contributed by atoms with van der Waals surface area (Å²) in [7, 11) is 0. The van der Waals surface area contributed by atoms with Crippen LogP contribution in [0.15, 0.2) is 43.2 Å². The molecule has 0 bridgehead atoms. The molecule has 1 amide bonds. The van der Waals surface area contributed by atoms with Crippen molar-refractivity contribution in [3.63, 3.8) is 0 Å². The number of amides is 1. The van der Waals surface area contributed by atoms with E-state index < -0.39 is 11.7 Å². The van der Waals surface area contributed by atoms with Gasteiger partial charge in [0.25, 0.3) is 0 Å². The van der Waals surface area contributed by atoms with E-state index in [1.165, 1.54) is 12.4 Å². The molecular formula is C24H24Cl2FN5O3. The second-order valence-electron chi connectivity index (χ2n) is 7.81. The summed E-state index contributed by atoms with van der Waals surface area (Å²) >= 11 is 11.9. The number of carbonyl (C=O) groups excluding carboxylic acids is 1. The van der Waals surface area contributed by atoms with E-state index in [-0.39, 0.29) is 15.7 Å². The van der Waals surface area contributed by atoms with Crippen LogP contribution in [-0.4, -0.2) is 60.2 Å². The van der Waals surface area contributed by atoms with Crippen LogP contribution in [0.1, 0.15) is 6.42 Å². The Balaban J connectivity index is 1.58. The van der Waals surface area contributed by atoms with E-state index >= 15 is 0 Å². The zero-order valence-electron chi connectivity index (χ0n) is 18.8. The lowest BCUT2D eigenvalue weighted by molar-refractivity contribution is -0.111. The summed E-state index contributed by atoms with van der Waals surface area (Å²) in [4.78, 5) is 22.9. The van der Waals surface area contributed by atoms with Crippen molar-refractivity contribution in [1.82, 2.24) is 14.9 Å². The van der Waals surface area contributed by atoms with Gasteiger partial charge in [0.15, 0.2) is 0 Å². The van der Waals surface area contributed by atoms with Gasteiger partial charge < -0.3 is 20.1 Å². The second kappa shape index (κ2) is 11.6. The maximum absolute atomic E-state index is 14.4. The van der Waals surface area contributed by atoms with Crippen LogP contribution >= 0.6 is 23.2 Å². The number of hydrogen-bond donors (Lipinski definition) is 2. The second-order valence-corrected chi connectivity index (χ2v) is 8.62. The first-order valence-corrected chi connectivity index (χ1v) is 11.8. The summed E-state index contributed by atoms with van der Waals surface area (Å²) in [6, 6.07) is 5.88. The Bertz CT molecular complexity index is 1240. The Morgan fingerprint density at radius 3 is 2.71 bits per heavy atom. The van der Waals surface area contributed by atoms with Crippen molar-refractivity contribution >= 4 is 57.2 Å². The molecular weight excluding hydrogens is 496 g/mol. The molecule has 2 heterocycles. The van der Waals surface area contributed by atoms with Crippen LogP contribution in [0.3, 0.4) is 0 Å². The number of rotatable bonds is 9. The van der Waals surface area contributed by atoms with Gasteiger partial charge in [-0.25, -0.2) is 14.4 Å². The third-order valence-electron chi connectivity index (χ3n) is 5.42. The molecule has 1 aromatic heterocycles. The summed E-state index contributed by atoms with van der Waals surface area (Å²) in [6.07, 6.45) is 3.32. The highest BCUT2D eigenvalue weighted by Crippen LogP contribution is 2.35. The van der Waals surface area contributed by atoms with Crippen molar-refractivity contribution in [2.75, 3.05) is 50.1 Å². The molecule has 0 saturated carbocycles. The molecule has 11 heteroatoms. The lowest BCUT2D eigenvalue weighted by atomic mass is 10.1. The Hall–Kier alpha value is -2.98. The number of nitrogens with one attached hydrogen (secondary N) is 2. The largest absolute Gasteiger partial charge is 0.491 e. The number of morpholine rings is 1. The molecule has 184 valence electrons. The van der Waals surface area contributed by atoms with Gasteiger partial charge in [-0.05, 0) is 30.7 Å². The number of anilines is 3. The molecule has 0 atom stereocenters. The monoisotopic (exact) mass is 519 g/mol. The van der Waals surface area contributed by atoms with Gasteiger partial charge in [0.2, 0.25) is 5.91 Å². The molecule has 1 aliphatic rings. The molecule has 0 spiro atoms. The number of hydrogen-bond acceptors (Lipinski definition) is 7. The summed E-state index contributed by atoms with van der Waals surface area (Å²) in [5.74, 6) is -0.212. The van der Waals surface area contributed by atoms with Crippen LogP contribution in [-0.2, 0) is 9.53 Å². The number of carbonyl (C=O) groups is 1. The highest BCUT2D eigenvalue weighted by Gasteiger charge is 2.15. The number of halogens is 3. The Morgan fingerprint density at radius 2 is 1.94 bits per heavy atom. The summed E-state index contributed by atoms with van der Waals surface area (Å²) in [5.41, 5.74) is 1.06. The fraction of sp³-hybridized carbons (Fsp3) is 0.292. The first-order valence-electron chi connectivity index (χ1n) is 11.0. The van der Waals surface area contributed by atoms with Crippen molar-refractivity contribution in [3.8, 4) is 5.75 Å². The van der Waals surface area contributed by atoms with Gasteiger partial charge >= 0.3 is 0 Å². The summed E-state index contributed by atoms with van der Waals surface area (Å²) in [6.45, 7) is 8.13. The molecule has 35 heavy (non-hydrogen) atoms. The van der Waals surface area contributed by atoms with Crippen LogP contribution < -0.4 is 15.4 Å². The lowest BCUT2D eigenvalue weighted by Gasteiger charge is -2.26. The van der Waals surface area contributed by atoms with Crippen molar-refractivity contribution in [3.05, 3.63) is 59.1 Å². The van der Waals surface area contributed by atoms with E-state index in [1.54, 1.807) is 12.1 Å². The minimum atomic E-state index is -0.591. The molecule has 2 aromatic carbocycles. The minimum absolute atomic E-state index is 0.0968. The van der Waals surface area contributed by atoms with Crippen molar-refractivity contribution in [2.24, 2.45) is 0 Å². The van der Waals surface area contributed by atoms with Crippen molar-refractivity contribution < 1.29 is 18.7 Å². The number of aromatic nitrogens is 2. The molecule has 0 unspecified atom stereocenters. The fourth-order valence-corrected chi connectivity index (χ4v) is 3.94. The number of fused-ring (bicyclic) bond motifs is 1. The Morgan fingerprint density at radius 1 is 1.17 bits per heavy atom. The fourth-order valence-electron chi connectivity index (χ4n) is 3.63. The molecule has 1 saturated heterocycles. The zero-order valence-corrected chi connectivity index (χ0v) is 20.3. The molecule has 0 aliphatic carbocycles. The Kier molecular flexibility index (Phi) is 8.35. The van der Waals surface area contributed by atoms with Crippen LogP contribution in [0.25, 0.3) is 10.9 Å². The predicted octanol–water partition coefficient (Wildman–Crippen LogP) is 5.04. The van der Waals surface area contributed by atoms with E-state index in [9.17, 15) is 9.18 Å². The van der Waals surface area contributed by atoms with Gasteiger partial charge in [-0.1, -0.05) is 29.8 Å². The average Bonchev–Trinajstić information content (AvgIpc) is 2.86. The number of ether oxygens (including phenoxy) is 2. The molecule has 0 radical (unpaired) electrons. The van der Waals surface area contributed by atoms with Crippen LogP contribution in [0.2, 0.25) is 10.0 Å². The van der Waals surface area contributed by atoms with Gasteiger partial charge in [0.1, 0.15) is 23.7 Å². The van der Waals surface area contributed by atoms with Gasteiger partial charge in [0, 0.05) is 31.1 Å². The minimum Gasteiger partial charge on any atom is -0.491 e. The molecule has 2 N–H and O–H groups in total. The maximum Gasteiger partial charge on any atom is 0.247 e. The van der Waals surface area contributed by atoms with Crippen LogP contribution in [0.4, 0.5) is 21.6 Å². The van der Waals surface area contributed by atoms with Gasteiger partial charge in [-0.2, -0.15) is 0 Å². The van der Waals surface area contributed by atoms with Crippen LogP contribution in [0, 0.1) is 5.82 Å². The standard InChI is InChI=1S/C24H24Cl2FN5O3/c1-2-23(33)30-21-10-15-19(13-22(21)35-7-3-4-32-5-8-34-9-6-32)28-14-29-24(15)31-20-12-17(26)16(25)11-18(20)27/h2,10-14H,1,3-9H2,(H,30,33)(H,28,29,31). The van der Waals surface area contributed by atoms with E-state index in [2.05, 4.69) is 32.1 Å². The SMILES string of the molecule is C=CC(=O)Nc1cc2c(Nc3cc(Cl)c(Cl)cc3F)ncnc2cc1OCCCN1CCOCC1. The van der Waals surface area contributed by atoms with E-state index in [4.69, 9.17) is 32.7 Å². The van der Waals surface area contributed by atoms with E-state index in [0.717, 1.165) is 51.4 Å². The highest BCUT2D eigenvalue weighted by molar-refractivity contribution is 6.42. The highest BCUT2D eigenvalue weighted by atomic mass is 35.5. The first kappa shape index (κ1) is 25.1. The average molecular weight is 520 g/mol. The molecule has 8 nitrogen and oxygen atoms in total. The summed E-state index contributed by atoms with van der Waals surface area (Å²) in [5, 5.41) is 6.52.